The average molecular weight is 509 g/mol. The van der Waals surface area contributed by atoms with Crippen molar-refractivity contribution in [2.75, 3.05) is 19.7 Å². The van der Waals surface area contributed by atoms with Gasteiger partial charge in [0.15, 0.2) is 0 Å². The Bertz CT molecular complexity index is 1190. The zero-order valence-electron chi connectivity index (χ0n) is 19.6. The van der Waals surface area contributed by atoms with Gasteiger partial charge in [0.2, 0.25) is 19.9 Å². The first kappa shape index (κ1) is 26.2. The molecule has 2 aromatic carbocycles. The Morgan fingerprint density at radius 2 is 1.68 bits per heavy atom. The second-order valence-electron chi connectivity index (χ2n) is 8.29. The summed E-state index contributed by atoms with van der Waals surface area (Å²) in [5.41, 5.74) is 0.538. The molecule has 1 amide bonds. The highest BCUT2D eigenvalue weighted by molar-refractivity contribution is 7.91. The van der Waals surface area contributed by atoms with Crippen LogP contribution in [-0.4, -0.2) is 53.6 Å². The number of nitrogens with one attached hydrogen (secondary N) is 1. The molecule has 1 N–H and O–H groups in total. The lowest BCUT2D eigenvalue weighted by Crippen LogP contribution is -2.46. The highest BCUT2D eigenvalue weighted by Crippen LogP contribution is 2.27. The summed E-state index contributed by atoms with van der Waals surface area (Å²) in [4.78, 5) is 13.7. The predicted octanol–water partition coefficient (Wildman–Crippen LogP) is 3.76. The van der Waals surface area contributed by atoms with Gasteiger partial charge in [-0.15, -0.1) is 0 Å². The van der Waals surface area contributed by atoms with Crippen LogP contribution in [0.15, 0.2) is 63.2 Å². The second-order valence-corrected chi connectivity index (χ2v) is 11.9. The molecule has 1 saturated heterocycles. The molecule has 0 spiro atoms. The predicted molar refractivity (Wildman–Crippen MR) is 129 cm³/mol. The quantitative estimate of drug-likeness (QED) is 0.517. The molecule has 1 fully saturated rings. The fourth-order valence-corrected chi connectivity index (χ4v) is 6.86. The normalized spacial score (nSPS) is 15.3. The van der Waals surface area contributed by atoms with E-state index < -0.39 is 19.9 Å². The number of carbonyl (C=O) groups excluding carboxylic acids is 1. The van der Waals surface area contributed by atoms with Gasteiger partial charge in [0, 0.05) is 19.1 Å². The van der Waals surface area contributed by atoms with Gasteiger partial charge in [0.25, 0.3) is 0 Å². The number of rotatable bonds is 9. The van der Waals surface area contributed by atoms with Gasteiger partial charge in [0.05, 0.1) is 21.3 Å². The van der Waals surface area contributed by atoms with Crippen LogP contribution >= 0.6 is 0 Å². The number of unbranched alkanes of at least 4 members (excludes halogenated alkanes) is 1. The summed E-state index contributed by atoms with van der Waals surface area (Å²) in [6.45, 7) is 5.00. The first-order valence-corrected chi connectivity index (χ1v) is 14.5. The van der Waals surface area contributed by atoms with Gasteiger partial charge in [-0.2, -0.15) is 0 Å². The van der Waals surface area contributed by atoms with Crippen LogP contribution in [-0.2, 0) is 31.0 Å². The third-order valence-electron chi connectivity index (χ3n) is 5.87. The van der Waals surface area contributed by atoms with E-state index in [0.717, 1.165) is 12.8 Å². The number of piperidine rings is 1. The van der Waals surface area contributed by atoms with Crippen LogP contribution in [0.3, 0.4) is 0 Å². The molecule has 186 valence electrons. The van der Waals surface area contributed by atoms with Crippen LogP contribution in [0.25, 0.3) is 0 Å². The highest BCUT2D eigenvalue weighted by Gasteiger charge is 2.29. The number of sulfone groups is 1. The van der Waals surface area contributed by atoms with Gasteiger partial charge >= 0.3 is 6.09 Å². The van der Waals surface area contributed by atoms with E-state index in [0.29, 0.717) is 44.5 Å². The Hall–Kier alpha value is -2.43. The molecule has 0 aromatic heterocycles. The number of ether oxygens (including phenoxy) is 1. The van der Waals surface area contributed by atoms with Crippen LogP contribution in [0.5, 0.6) is 0 Å². The molecule has 3 rings (SSSR count). The largest absolute Gasteiger partial charge is 0.449 e. The van der Waals surface area contributed by atoms with Crippen LogP contribution < -0.4 is 4.72 Å². The fourth-order valence-electron chi connectivity index (χ4n) is 3.84. The van der Waals surface area contributed by atoms with E-state index in [1.165, 1.54) is 24.3 Å². The van der Waals surface area contributed by atoms with Crippen molar-refractivity contribution in [2.45, 2.75) is 66.7 Å². The van der Waals surface area contributed by atoms with Gasteiger partial charge in [-0.3, -0.25) is 0 Å². The van der Waals surface area contributed by atoms with E-state index >= 15 is 0 Å². The molecule has 0 aliphatic carbocycles. The van der Waals surface area contributed by atoms with Gasteiger partial charge in [-0.25, -0.2) is 26.4 Å². The van der Waals surface area contributed by atoms with E-state index in [4.69, 9.17) is 4.74 Å². The lowest BCUT2D eigenvalue weighted by Gasteiger charge is -2.31. The molecule has 0 radical (unpaired) electrons. The average Bonchev–Trinajstić information content (AvgIpc) is 2.84. The number of nitrogens with zero attached hydrogens (tertiary/aromatic N) is 1. The SMILES string of the molecule is CCCCOC(=O)N1CCC(NS(=O)(=O)c2cc(S(=O)(=O)c3ccccc3)ccc2CC)CC1. The molecule has 1 aliphatic rings. The number of aryl methyl sites for hydroxylation is 1. The Kier molecular flexibility index (Phi) is 8.72. The Morgan fingerprint density at radius 1 is 1.00 bits per heavy atom. The molecule has 8 nitrogen and oxygen atoms in total. The van der Waals surface area contributed by atoms with Crippen LogP contribution in [0, 0.1) is 0 Å². The molecule has 0 bridgehead atoms. The number of hydrogen-bond donors (Lipinski definition) is 1. The lowest BCUT2D eigenvalue weighted by molar-refractivity contribution is 0.0911. The lowest BCUT2D eigenvalue weighted by atomic mass is 10.1. The zero-order valence-corrected chi connectivity index (χ0v) is 21.2. The molecule has 0 saturated carbocycles. The summed E-state index contributed by atoms with van der Waals surface area (Å²) in [5, 5.41) is 0. The first-order valence-electron chi connectivity index (χ1n) is 11.6. The minimum absolute atomic E-state index is 0.0339. The summed E-state index contributed by atoms with van der Waals surface area (Å²) < 4.78 is 60.6. The summed E-state index contributed by atoms with van der Waals surface area (Å²) in [6.07, 6.45) is 2.70. The summed E-state index contributed by atoms with van der Waals surface area (Å²) in [6, 6.07) is 11.8. The van der Waals surface area contributed by atoms with E-state index in [1.807, 2.05) is 13.8 Å². The number of hydrogen-bond acceptors (Lipinski definition) is 6. The molecule has 2 aromatic rings. The minimum Gasteiger partial charge on any atom is -0.449 e. The minimum atomic E-state index is -3.97. The molecular weight excluding hydrogens is 476 g/mol. The van der Waals surface area contributed by atoms with Crippen molar-refractivity contribution in [3.8, 4) is 0 Å². The van der Waals surface area contributed by atoms with Crippen molar-refractivity contribution in [1.29, 1.82) is 0 Å². The molecule has 34 heavy (non-hydrogen) atoms. The molecule has 10 heteroatoms. The number of benzene rings is 2. The van der Waals surface area contributed by atoms with Crippen LogP contribution in [0.4, 0.5) is 4.79 Å². The molecule has 1 aliphatic heterocycles. The molecule has 1 heterocycles. The van der Waals surface area contributed by atoms with E-state index in [-0.39, 0.29) is 26.8 Å². The third-order valence-corrected chi connectivity index (χ3v) is 9.24. The third kappa shape index (κ3) is 6.17. The molecule has 0 unspecified atom stereocenters. The van der Waals surface area contributed by atoms with Crippen LogP contribution in [0.2, 0.25) is 0 Å². The monoisotopic (exact) mass is 508 g/mol. The smallest absolute Gasteiger partial charge is 0.409 e. The number of amides is 1. The van der Waals surface area contributed by atoms with E-state index in [2.05, 4.69) is 4.72 Å². The maximum absolute atomic E-state index is 13.3. The number of likely N-dealkylation sites (tertiary alicyclic amines) is 1. The number of carbonyl (C=O) groups is 1. The van der Waals surface area contributed by atoms with Gasteiger partial charge in [-0.1, -0.05) is 44.5 Å². The van der Waals surface area contributed by atoms with Gasteiger partial charge in [-0.05, 0) is 55.5 Å². The highest BCUT2D eigenvalue weighted by atomic mass is 32.2. The standard InChI is InChI=1S/C24H32N2O6S2/c1-3-5-17-32-24(27)26-15-13-20(14-16-26)25-34(30,31)23-18-22(12-11-19(23)4-2)33(28,29)21-9-7-6-8-10-21/h6-12,18,20,25H,3-5,13-17H2,1-2H3. The Balaban J connectivity index is 1.75. The maximum atomic E-state index is 13.3. The molecular formula is C24H32N2O6S2. The van der Waals surface area contributed by atoms with Crippen LogP contribution in [0.1, 0.15) is 45.1 Å². The van der Waals surface area contributed by atoms with Crippen molar-refractivity contribution in [1.82, 2.24) is 9.62 Å². The summed E-state index contributed by atoms with van der Waals surface area (Å²) in [5.74, 6) is 0. The Morgan fingerprint density at radius 3 is 2.29 bits per heavy atom. The van der Waals surface area contributed by atoms with Crippen molar-refractivity contribution < 1.29 is 26.4 Å². The van der Waals surface area contributed by atoms with Crippen molar-refractivity contribution in [3.63, 3.8) is 0 Å². The summed E-state index contributed by atoms with van der Waals surface area (Å²) >= 11 is 0. The molecule has 0 atom stereocenters. The summed E-state index contributed by atoms with van der Waals surface area (Å²) in [7, 11) is -7.83. The number of sulfonamides is 1. The first-order chi connectivity index (χ1) is 16.2. The van der Waals surface area contributed by atoms with Gasteiger partial charge < -0.3 is 9.64 Å². The van der Waals surface area contributed by atoms with Crippen molar-refractivity contribution in [2.24, 2.45) is 0 Å². The Labute approximate surface area is 202 Å². The fraction of sp³-hybridized carbons (Fsp3) is 0.458. The van der Waals surface area contributed by atoms with E-state index in [1.54, 1.807) is 29.2 Å². The van der Waals surface area contributed by atoms with E-state index in [9.17, 15) is 21.6 Å². The second kappa shape index (κ2) is 11.3. The van der Waals surface area contributed by atoms with Crippen molar-refractivity contribution >= 4 is 26.0 Å². The van der Waals surface area contributed by atoms with Gasteiger partial charge in [0.1, 0.15) is 0 Å². The zero-order chi connectivity index (χ0) is 24.8. The van der Waals surface area contributed by atoms with Crippen molar-refractivity contribution in [3.05, 3.63) is 54.1 Å². The maximum Gasteiger partial charge on any atom is 0.409 e. The topological polar surface area (TPSA) is 110 Å².